The van der Waals surface area contributed by atoms with Crippen molar-refractivity contribution in [2.75, 3.05) is 43.1 Å². The Morgan fingerprint density at radius 1 is 1.13 bits per heavy atom. The Hall–Kier alpha value is -3.66. The fourth-order valence-corrected chi connectivity index (χ4v) is 2.91. The Morgan fingerprint density at radius 2 is 1.77 bits per heavy atom. The summed E-state index contributed by atoms with van der Waals surface area (Å²) in [5.41, 5.74) is 1.55. The normalized spacial score (nSPS) is 14.4. The van der Waals surface area contributed by atoms with Crippen LogP contribution in [0.15, 0.2) is 48.5 Å². The maximum Gasteiger partial charge on any atom is 0.344 e. The lowest BCUT2D eigenvalue weighted by Gasteiger charge is -2.28. The van der Waals surface area contributed by atoms with Gasteiger partial charge in [0.25, 0.3) is 11.6 Å². The third-order valence-electron chi connectivity index (χ3n) is 4.59. The van der Waals surface area contributed by atoms with E-state index in [0.717, 1.165) is 18.8 Å². The predicted octanol–water partition coefficient (Wildman–Crippen LogP) is 2.38. The van der Waals surface area contributed by atoms with E-state index in [-0.39, 0.29) is 11.4 Å². The van der Waals surface area contributed by atoms with Crippen LogP contribution in [0.4, 0.5) is 17.1 Å². The summed E-state index contributed by atoms with van der Waals surface area (Å²) in [6.07, 6.45) is -1.02. The van der Waals surface area contributed by atoms with Gasteiger partial charge in [-0.3, -0.25) is 14.9 Å². The second-order valence-corrected chi connectivity index (χ2v) is 6.81. The number of non-ortho nitro benzene ring substituents is 1. The molecule has 0 aromatic heterocycles. The van der Waals surface area contributed by atoms with Crippen LogP contribution in [0, 0.1) is 10.1 Å². The van der Waals surface area contributed by atoms with E-state index in [1.54, 1.807) is 12.1 Å². The molecule has 1 fully saturated rings. The highest BCUT2D eigenvalue weighted by molar-refractivity contribution is 5.95. The number of nitrogens with one attached hydrogen (secondary N) is 1. The summed E-state index contributed by atoms with van der Waals surface area (Å²) in [5, 5.41) is 13.3. The topological polar surface area (TPSA) is 120 Å². The van der Waals surface area contributed by atoms with Gasteiger partial charge in [0.05, 0.1) is 18.1 Å². The van der Waals surface area contributed by atoms with Crippen LogP contribution in [-0.2, 0) is 19.1 Å². The molecule has 0 bridgehead atoms. The number of ether oxygens (including phenoxy) is 3. The average Bonchev–Trinajstić information content (AvgIpc) is 2.79. The summed E-state index contributed by atoms with van der Waals surface area (Å²) in [4.78, 5) is 36.5. The fourth-order valence-electron chi connectivity index (χ4n) is 2.91. The molecule has 3 rings (SSSR count). The Bertz CT molecular complexity index is 910. The van der Waals surface area contributed by atoms with Gasteiger partial charge >= 0.3 is 5.97 Å². The molecule has 31 heavy (non-hydrogen) atoms. The van der Waals surface area contributed by atoms with Crippen LogP contribution in [0.5, 0.6) is 5.75 Å². The molecule has 1 unspecified atom stereocenters. The van der Waals surface area contributed by atoms with E-state index in [0.29, 0.717) is 18.9 Å². The van der Waals surface area contributed by atoms with Gasteiger partial charge in [0, 0.05) is 36.6 Å². The molecule has 0 aliphatic carbocycles. The third kappa shape index (κ3) is 6.41. The molecule has 10 nitrogen and oxygen atoms in total. The number of hydrogen-bond acceptors (Lipinski definition) is 8. The van der Waals surface area contributed by atoms with E-state index in [9.17, 15) is 19.7 Å². The summed E-state index contributed by atoms with van der Waals surface area (Å²) in [7, 11) is 0. The molecular formula is C21H23N3O7. The highest BCUT2D eigenvalue weighted by Gasteiger charge is 2.19. The number of anilines is 2. The maximum absolute atomic E-state index is 12.3. The molecule has 2 aromatic rings. The van der Waals surface area contributed by atoms with E-state index in [1.165, 1.54) is 31.2 Å². The molecule has 0 radical (unpaired) electrons. The van der Waals surface area contributed by atoms with E-state index in [1.807, 2.05) is 12.1 Å². The van der Waals surface area contributed by atoms with Crippen molar-refractivity contribution >= 4 is 28.9 Å². The van der Waals surface area contributed by atoms with Gasteiger partial charge < -0.3 is 24.4 Å². The molecule has 1 aliphatic heterocycles. The number of morpholine rings is 1. The molecule has 1 saturated heterocycles. The molecule has 2 aromatic carbocycles. The maximum atomic E-state index is 12.3. The number of nitro benzene ring substituents is 1. The zero-order valence-electron chi connectivity index (χ0n) is 17.0. The summed E-state index contributed by atoms with van der Waals surface area (Å²) >= 11 is 0. The predicted molar refractivity (Wildman–Crippen MR) is 112 cm³/mol. The summed E-state index contributed by atoms with van der Waals surface area (Å²) in [6, 6.07) is 12.7. The van der Waals surface area contributed by atoms with Gasteiger partial charge in [-0.05, 0) is 43.3 Å². The lowest BCUT2D eigenvalue weighted by atomic mass is 10.2. The second-order valence-electron chi connectivity index (χ2n) is 6.81. The minimum atomic E-state index is -1.02. The number of benzene rings is 2. The van der Waals surface area contributed by atoms with E-state index in [4.69, 9.17) is 14.2 Å². The van der Waals surface area contributed by atoms with Crippen LogP contribution >= 0.6 is 0 Å². The van der Waals surface area contributed by atoms with Crippen LogP contribution in [0.1, 0.15) is 6.92 Å². The number of carbonyl (C=O) groups excluding carboxylic acids is 2. The van der Waals surface area contributed by atoms with Crippen molar-refractivity contribution in [3.8, 4) is 5.75 Å². The number of carbonyl (C=O) groups is 2. The molecule has 0 saturated carbocycles. The largest absolute Gasteiger partial charge is 0.482 e. The third-order valence-corrected chi connectivity index (χ3v) is 4.59. The first kappa shape index (κ1) is 22.0. The quantitative estimate of drug-likeness (QED) is 0.386. The van der Waals surface area contributed by atoms with Gasteiger partial charge in [-0.1, -0.05) is 0 Å². The zero-order chi connectivity index (χ0) is 22.2. The lowest BCUT2D eigenvalue weighted by molar-refractivity contribution is -0.384. The van der Waals surface area contributed by atoms with Gasteiger partial charge in [-0.2, -0.15) is 0 Å². The lowest BCUT2D eigenvalue weighted by Crippen LogP contribution is -2.36. The molecule has 164 valence electrons. The smallest absolute Gasteiger partial charge is 0.344 e. The summed E-state index contributed by atoms with van der Waals surface area (Å²) in [6.45, 7) is 4.05. The van der Waals surface area contributed by atoms with E-state index in [2.05, 4.69) is 10.2 Å². The first-order chi connectivity index (χ1) is 14.9. The molecule has 1 atom stereocenters. The molecular weight excluding hydrogens is 406 g/mol. The van der Waals surface area contributed by atoms with Crippen molar-refractivity contribution in [3.05, 3.63) is 58.6 Å². The Morgan fingerprint density at radius 3 is 2.39 bits per heavy atom. The van der Waals surface area contributed by atoms with Crippen molar-refractivity contribution in [2.45, 2.75) is 13.0 Å². The molecule has 0 spiro atoms. The zero-order valence-corrected chi connectivity index (χ0v) is 17.0. The Labute approximate surface area is 178 Å². The van der Waals surface area contributed by atoms with Gasteiger partial charge in [-0.25, -0.2) is 4.79 Å². The number of rotatable bonds is 8. The molecule has 1 heterocycles. The highest BCUT2D eigenvalue weighted by Crippen LogP contribution is 2.20. The van der Waals surface area contributed by atoms with Gasteiger partial charge in [-0.15, -0.1) is 0 Å². The van der Waals surface area contributed by atoms with Crippen LogP contribution in [0.25, 0.3) is 0 Å². The number of nitro groups is 1. The van der Waals surface area contributed by atoms with Crippen LogP contribution < -0.4 is 15.0 Å². The van der Waals surface area contributed by atoms with Gasteiger partial charge in [0.1, 0.15) is 5.75 Å². The number of nitrogens with zero attached hydrogens (tertiary/aromatic N) is 2. The number of hydrogen-bond donors (Lipinski definition) is 1. The fraction of sp³-hybridized carbons (Fsp3) is 0.333. The van der Waals surface area contributed by atoms with Crippen molar-refractivity contribution < 1.29 is 28.7 Å². The number of amides is 1. The second kappa shape index (κ2) is 10.4. The minimum absolute atomic E-state index is 0.0850. The Kier molecular flexibility index (Phi) is 7.39. The van der Waals surface area contributed by atoms with Crippen LogP contribution in [-0.4, -0.2) is 55.8 Å². The summed E-state index contributed by atoms with van der Waals surface area (Å²) in [5.74, 6) is -0.925. The van der Waals surface area contributed by atoms with Crippen molar-refractivity contribution in [3.63, 3.8) is 0 Å². The highest BCUT2D eigenvalue weighted by atomic mass is 16.6. The Balaban J connectivity index is 1.44. The van der Waals surface area contributed by atoms with Crippen LogP contribution in [0.3, 0.4) is 0 Å². The van der Waals surface area contributed by atoms with Crippen molar-refractivity contribution in [2.24, 2.45) is 0 Å². The molecule has 1 amide bonds. The summed E-state index contributed by atoms with van der Waals surface area (Å²) < 4.78 is 15.6. The molecule has 10 heteroatoms. The van der Waals surface area contributed by atoms with Crippen molar-refractivity contribution in [1.82, 2.24) is 0 Å². The van der Waals surface area contributed by atoms with E-state index < -0.39 is 29.5 Å². The van der Waals surface area contributed by atoms with Crippen molar-refractivity contribution in [1.29, 1.82) is 0 Å². The number of esters is 1. The minimum Gasteiger partial charge on any atom is -0.482 e. The van der Waals surface area contributed by atoms with Crippen LogP contribution in [0.2, 0.25) is 0 Å². The first-order valence-electron chi connectivity index (χ1n) is 9.73. The monoisotopic (exact) mass is 429 g/mol. The standard InChI is InChI=1S/C21H23N3O7/c1-15(31-20(25)14-30-19-8-6-18(7-9-19)24(27)28)21(26)22-16-2-4-17(5-3-16)23-10-12-29-13-11-23/h2-9,15H,10-14H2,1H3,(H,22,26). The van der Waals surface area contributed by atoms with E-state index >= 15 is 0 Å². The molecule has 1 aliphatic rings. The first-order valence-corrected chi connectivity index (χ1v) is 9.73. The average molecular weight is 429 g/mol. The van der Waals surface area contributed by atoms with Gasteiger partial charge in [0.15, 0.2) is 12.7 Å². The molecule has 1 N–H and O–H groups in total. The SMILES string of the molecule is CC(OC(=O)COc1ccc([N+](=O)[O-])cc1)C(=O)Nc1ccc(N2CCOCC2)cc1. The van der Waals surface area contributed by atoms with Gasteiger partial charge in [0.2, 0.25) is 0 Å².